The van der Waals surface area contributed by atoms with Crippen LogP contribution in [0.1, 0.15) is 39.5 Å². The number of hydrogen-bond acceptors (Lipinski definition) is 4. The second kappa shape index (κ2) is 8.02. The second-order valence-electron chi connectivity index (χ2n) is 5.90. The molecule has 1 heterocycles. The molecule has 0 spiro atoms. The molecule has 1 aliphatic heterocycles. The maximum Gasteiger partial charge on any atom is 0.334 e. The summed E-state index contributed by atoms with van der Waals surface area (Å²) in [6.45, 7) is 9.59. The minimum absolute atomic E-state index is 0.0901. The number of carbonyl (C=O) groups excluding carboxylic acids is 1. The predicted molar refractivity (Wildman–Crippen MR) is 77.7 cm³/mol. The van der Waals surface area contributed by atoms with E-state index in [2.05, 4.69) is 20.0 Å². The highest BCUT2D eigenvalue weighted by molar-refractivity contribution is 6.71. The lowest BCUT2D eigenvalue weighted by Crippen LogP contribution is -2.40. The largest absolute Gasteiger partial charge is 0.458 e. The van der Waals surface area contributed by atoms with E-state index in [0.717, 1.165) is 38.3 Å². The molecule has 1 saturated heterocycles. The van der Waals surface area contributed by atoms with Gasteiger partial charge in [0.2, 0.25) is 0 Å². The van der Waals surface area contributed by atoms with Gasteiger partial charge in [-0.1, -0.05) is 19.8 Å². The van der Waals surface area contributed by atoms with Crippen LogP contribution in [0, 0.1) is 0 Å². The summed E-state index contributed by atoms with van der Waals surface area (Å²) < 4.78 is 16.7. The van der Waals surface area contributed by atoms with E-state index in [9.17, 15) is 4.79 Å². The molecule has 112 valence electrons. The van der Waals surface area contributed by atoms with Crippen molar-refractivity contribution in [3.63, 3.8) is 0 Å². The summed E-state index contributed by atoms with van der Waals surface area (Å²) in [5.41, 5.74) is 0. The van der Waals surface area contributed by atoms with Crippen molar-refractivity contribution in [3.05, 3.63) is 0 Å². The van der Waals surface area contributed by atoms with Crippen LogP contribution in [0.4, 0.5) is 0 Å². The van der Waals surface area contributed by atoms with Crippen LogP contribution < -0.4 is 0 Å². The average molecular weight is 288 g/mol. The lowest BCUT2D eigenvalue weighted by molar-refractivity contribution is -0.163. The van der Waals surface area contributed by atoms with Crippen molar-refractivity contribution in [3.8, 4) is 0 Å². The molecule has 0 aromatic heterocycles. The maximum atomic E-state index is 12.0. The SMILES string of the molecule is CCCC[Si](C)(C)OC(C)C(=O)OC1CCCOC1. The molecule has 0 aromatic carbocycles. The third-order valence-corrected chi connectivity index (χ3v) is 5.91. The van der Waals surface area contributed by atoms with Crippen LogP contribution in [0.5, 0.6) is 0 Å². The lowest BCUT2D eigenvalue weighted by atomic mass is 10.2. The first-order valence-electron chi connectivity index (χ1n) is 7.40. The number of esters is 1. The van der Waals surface area contributed by atoms with Gasteiger partial charge in [-0.25, -0.2) is 4.79 Å². The van der Waals surface area contributed by atoms with E-state index in [1.807, 2.05) is 0 Å². The highest BCUT2D eigenvalue weighted by atomic mass is 28.4. The van der Waals surface area contributed by atoms with Gasteiger partial charge < -0.3 is 13.9 Å². The van der Waals surface area contributed by atoms with Crippen molar-refractivity contribution in [1.82, 2.24) is 0 Å². The Hall–Kier alpha value is -0.393. The summed E-state index contributed by atoms with van der Waals surface area (Å²) in [6, 6.07) is 1.09. The zero-order valence-corrected chi connectivity index (χ0v) is 13.7. The molecular formula is C14H28O4Si. The van der Waals surface area contributed by atoms with E-state index in [4.69, 9.17) is 13.9 Å². The van der Waals surface area contributed by atoms with E-state index < -0.39 is 14.4 Å². The van der Waals surface area contributed by atoms with Gasteiger partial charge in [0, 0.05) is 6.61 Å². The zero-order valence-electron chi connectivity index (χ0n) is 12.7. The molecule has 1 aliphatic rings. The Labute approximate surface area is 117 Å². The summed E-state index contributed by atoms with van der Waals surface area (Å²) in [5.74, 6) is -0.243. The molecule has 0 aromatic rings. The Morgan fingerprint density at radius 1 is 1.47 bits per heavy atom. The molecule has 0 radical (unpaired) electrons. The highest BCUT2D eigenvalue weighted by Crippen LogP contribution is 2.18. The molecule has 2 unspecified atom stereocenters. The predicted octanol–water partition coefficient (Wildman–Crippen LogP) is 3.12. The smallest absolute Gasteiger partial charge is 0.334 e. The number of ether oxygens (including phenoxy) is 2. The third-order valence-electron chi connectivity index (χ3n) is 3.36. The van der Waals surface area contributed by atoms with Gasteiger partial charge in [0.05, 0.1) is 6.61 Å². The normalized spacial score (nSPS) is 22.0. The van der Waals surface area contributed by atoms with Crippen molar-refractivity contribution in [2.45, 2.75) is 70.9 Å². The summed E-state index contributed by atoms with van der Waals surface area (Å²) >= 11 is 0. The quantitative estimate of drug-likeness (QED) is 0.533. The Kier molecular flexibility index (Phi) is 7.03. The van der Waals surface area contributed by atoms with E-state index in [0.29, 0.717) is 6.61 Å². The van der Waals surface area contributed by atoms with E-state index in [1.54, 1.807) is 6.92 Å². The van der Waals surface area contributed by atoms with Crippen LogP contribution in [-0.2, 0) is 18.7 Å². The molecule has 19 heavy (non-hydrogen) atoms. The van der Waals surface area contributed by atoms with Crippen LogP contribution in [0.15, 0.2) is 0 Å². The Morgan fingerprint density at radius 2 is 2.21 bits per heavy atom. The standard InChI is InChI=1S/C14H28O4Si/c1-5-6-10-19(3,4)18-12(2)14(15)17-13-8-7-9-16-11-13/h12-13H,5-11H2,1-4H3. The first-order chi connectivity index (χ1) is 8.94. The van der Waals surface area contributed by atoms with Gasteiger partial charge in [0.1, 0.15) is 12.2 Å². The fraction of sp³-hybridized carbons (Fsp3) is 0.929. The first-order valence-corrected chi connectivity index (χ1v) is 10.5. The average Bonchev–Trinajstić information content (AvgIpc) is 2.37. The maximum absolute atomic E-state index is 12.0. The Balaban J connectivity index is 2.34. The minimum atomic E-state index is -1.75. The summed E-state index contributed by atoms with van der Waals surface area (Å²) in [5, 5.41) is 0. The molecular weight excluding hydrogens is 260 g/mol. The first kappa shape index (κ1) is 16.7. The van der Waals surface area contributed by atoms with Crippen molar-refractivity contribution in [2.75, 3.05) is 13.2 Å². The van der Waals surface area contributed by atoms with Gasteiger partial charge in [-0.05, 0) is 38.9 Å². The minimum Gasteiger partial charge on any atom is -0.458 e. The zero-order chi connectivity index (χ0) is 14.3. The van der Waals surface area contributed by atoms with Crippen molar-refractivity contribution >= 4 is 14.3 Å². The number of unbranched alkanes of at least 4 members (excludes halogenated alkanes) is 1. The Bertz CT molecular complexity index is 275. The van der Waals surface area contributed by atoms with Gasteiger partial charge in [0.25, 0.3) is 0 Å². The molecule has 4 nitrogen and oxygen atoms in total. The van der Waals surface area contributed by atoms with Crippen molar-refractivity contribution in [1.29, 1.82) is 0 Å². The van der Waals surface area contributed by atoms with Crippen LogP contribution in [0.25, 0.3) is 0 Å². The molecule has 0 aliphatic carbocycles. The van der Waals surface area contributed by atoms with Crippen LogP contribution in [0.2, 0.25) is 19.1 Å². The molecule has 0 saturated carbocycles. The lowest BCUT2D eigenvalue weighted by Gasteiger charge is -2.28. The molecule has 2 atom stereocenters. The van der Waals surface area contributed by atoms with Crippen LogP contribution in [0.3, 0.4) is 0 Å². The molecule has 0 N–H and O–H groups in total. The van der Waals surface area contributed by atoms with Crippen LogP contribution in [-0.4, -0.2) is 39.7 Å². The second-order valence-corrected chi connectivity index (χ2v) is 10.2. The molecule has 1 rings (SSSR count). The van der Waals surface area contributed by atoms with Crippen LogP contribution >= 0.6 is 0 Å². The van der Waals surface area contributed by atoms with E-state index >= 15 is 0 Å². The van der Waals surface area contributed by atoms with Gasteiger partial charge >= 0.3 is 5.97 Å². The monoisotopic (exact) mass is 288 g/mol. The molecule has 1 fully saturated rings. The molecule has 0 bridgehead atoms. The van der Waals surface area contributed by atoms with Gasteiger partial charge in [-0.3, -0.25) is 0 Å². The number of rotatable bonds is 7. The molecule has 5 heteroatoms. The molecule has 0 amide bonds. The fourth-order valence-electron chi connectivity index (χ4n) is 2.25. The third kappa shape index (κ3) is 6.54. The number of carbonyl (C=O) groups is 1. The summed E-state index contributed by atoms with van der Waals surface area (Å²) in [4.78, 5) is 12.0. The van der Waals surface area contributed by atoms with Gasteiger partial charge in [0.15, 0.2) is 8.32 Å². The van der Waals surface area contributed by atoms with Gasteiger partial charge in [-0.15, -0.1) is 0 Å². The summed E-state index contributed by atoms with van der Waals surface area (Å²) in [7, 11) is -1.75. The Morgan fingerprint density at radius 3 is 2.79 bits per heavy atom. The van der Waals surface area contributed by atoms with Crippen molar-refractivity contribution in [2.24, 2.45) is 0 Å². The highest BCUT2D eigenvalue weighted by Gasteiger charge is 2.29. The van der Waals surface area contributed by atoms with E-state index in [-0.39, 0.29) is 12.1 Å². The fourth-order valence-corrected chi connectivity index (χ4v) is 4.63. The number of hydrogen-bond donors (Lipinski definition) is 0. The van der Waals surface area contributed by atoms with E-state index in [1.165, 1.54) is 0 Å². The van der Waals surface area contributed by atoms with Crippen molar-refractivity contribution < 1.29 is 18.7 Å². The van der Waals surface area contributed by atoms with Gasteiger partial charge in [-0.2, -0.15) is 0 Å². The summed E-state index contributed by atoms with van der Waals surface area (Å²) in [6.07, 6.45) is 3.64. The topological polar surface area (TPSA) is 44.8 Å².